The van der Waals surface area contributed by atoms with Gasteiger partial charge in [-0.15, -0.1) is 4.39 Å². The maximum Gasteiger partial charge on any atom is 0.119 e. The predicted octanol–water partition coefficient (Wildman–Crippen LogP) is 0.507. The van der Waals surface area contributed by atoms with Crippen molar-refractivity contribution in [3.8, 4) is 18.0 Å². The second-order valence-corrected chi connectivity index (χ2v) is 0.344. The van der Waals surface area contributed by atoms with Crippen molar-refractivity contribution in [1.29, 1.82) is 0 Å². The molecule has 0 nitrogen and oxygen atoms in total. The van der Waals surface area contributed by atoms with Crippen LogP contribution < -0.4 is 0 Å². The molecule has 0 fully saturated rings. The molecule has 0 aromatic rings. The minimum Gasteiger partial charge on any atom is -0.143 e. The van der Waals surface area contributed by atoms with Gasteiger partial charge in [0.2, 0.25) is 0 Å². The molecule has 1 radical (unpaired) electrons. The Labute approximate surface area is 30.0 Å². The lowest BCUT2D eigenvalue weighted by atomic mass is 10.7. The average molecular weight is 67.0 g/mol. The maximum absolute atomic E-state index is 10.4. The molecule has 0 saturated carbocycles. The van der Waals surface area contributed by atoms with Crippen molar-refractivity contribution < 1.29 is 4.39 Å². The van der Waals surface area contributed by atoms with Gasteiger partial charge in [-0.1, -0.05) is 0 Å². The fourth-order valence-electron chi connectivity index (χ4n) is 0.0236. The van der Waals surface area contributed by atoms with Crippen LogP contribution in [0.5, 0.6) is 0 Å². The highest BCUT2D eigenvalue weighted by atomic mass is 19.1. The summed E-state index contributed by atoms with van der Waals surface area (Å²) >= 11 is 0. The molecule has 0 aromatic carbocycles. The van der Waals surface area contributed by atoms with E-state index < -0.39 is 0 Å². The monoisotopic (exact) mass is 67.0 g/mol. The molecule has 0 aliphatic carbocycles. The Bertz CT molecular complexity index is 97.0. The molecule has 0 aliphatic heterocycles. The van der Waals surface area contributed by atoms with E-state index in [-0.39, 0.29) is 0 Å². The first-order valence-electron chi connectivity index (χ1n) is 0.939. The fourth-order valence-corrected chi connectivity index (χ4v) is 0.0236. The van der Waals surface area contributed by atoms with Crippen LogP contribution in [0.2, 0.25) is 0 Å². The largest absolute Gasteiger partial charge is 0.143 e. The molecule has 0 bridgehead atoms. The number of halogens is 1. The Morgan fingerprint density at radius 2 is 2.20 bits per heavy atom. The van der Waals surface area contributed by atoms with Crippen molar-refractivity contribution in [2.75, 3.05) is 0 Å². The molecule has 5 heavy (non-hydrogen) atoms. The van der Waals surface area contributed by atoms with Crippen LogP contribution in [0.15, 0.2) is 0 Å². The van der Waals surface area contributed by atoms with Gasteiger partial charge >= 0.3 is 0 Å². The average Bonchev–Trinajstić information content (AvgIpc) is 1.41. The summed E-state index contributed by atoms with van der Waals surface area (Å²) in [5.41, 5.74) is 0. The summed E-state index contributed by atoms with van der Waals surface area (Å²) in [7, 11) is 0. The van der Waals surface area contributed by atoms with E-state index in [1.807, 2.05) is 0 Å². The first kappa shape index (κ1) is 4.05. The van der Waals surface area contributed by atoms with Crippen molar-refractivity contribution in [2.24, 2.45) is 0 Å². The lowest BCUT2D eigenvalue weighted by molar-refractivity contribution is 0.774. The molecule has 0 atom stereocenters. The van der Waals surface area contributed by atoms with Gasteiger partial charge in [0, 0.05) is 18.3 Å². The van der Waals surface area contributed by atoms with Crippen molar-refractivity contribution in [3.05, 3.63) is 6.42 Å². The van der Waals surface area contributed by atoms with Crippen LogP contribution in [-0.2, 0) is 0 Å². The third-order valence-electron chi connectivity index (χ3n) is 0.110. The lowest BCUT2D eigenvalue weighted by Gasteiger charge is -1.37. The Balaban J connectivity index is 3.30. The van der Waals surface area contributed by atoms with E-state index in [0.717, 1.165) is 6.17 Å². The van der Waals surface area contributed by atoms with E-state index in [4.69, 9.17) is 6.42 Å². The highest BCUT2D eigenvalue weighted by molar-refractivity contribution is 5.15. The normalized spacial score (nSPS) is 3.20. The molecule has 23 valence electrons. The lowest BCUT2D eigenvalue weighted by Crippen LogP contribution is -1.34. The smallest absolute Gasteiger partial charge is 0.119 e. The van der Waals surface area contributed by atoms with Crippen LogP contribution in [0.4, 0.5) is 4.39 Å². The van der Waals surface area contributed by atoms with E-state index in [9.17, 15) is 4.39 Å². The van der Waals surface area contributed by atoms with E-state index in [1.165, 1.54) is 5.92 Å². The van der Waals surface area contributed by atoms with Gasteiger partial charge < -0.3 is 0 Å². The molecule has 0 rings (SSSR count). The molecule has 1 heteroatoms. The standard InChI is InChI=1S/C4F/c1-2-3-4-5. The second kappa shape index (κ2) is 3.05. The zero-order valence-corrected chi connectivity index (χ0v) is 2.38. The molecule has 0 aromatic heterocycles. The number of hydrogen-bond acceptors (Lipinski definition) is 0. The summed E-state index contributed by atoms with van der Waals surface area (Å²) in [5, 5.41) is 0. The minimum absolute atomic E-state index is 0.969. The highest BCUT2D eigenvalue weighted by Gasteiger charge is 1.41. The second-order valence-electron chi connectivity index (χ2n) is 0.344. The topological polar surface area (TPSA) is 0 Å². The molecule has 0 saturated heterocycles. The van der Waals surface area contributed by atoms with Gasteiger partial charge in [0.15, 0.2) is 0 Å². The van der Waals surface area contributed by atoms with Gasteiger partial charge in [0.25, 0.3) is 0 Å². The third-order valence-corrected chi connectivity index (χ3v) is 0.110. The van der Waals surface area contributed by atoms with Crippen LogP contribution in [0.1, 0.15) is 0 Å². The molecule has 0 amide bonds. The highest BCUT2D eigenvalue weighted by Crippen LogP contribution is 1.47. The van der Waals surface area contributed by atoms with E-state index >= 15 is 0 Å². The van der Waals surface area contributed by atoms with Crippen LogP contribution in [-0.4, -0.2) is 0 Å². The van der Waals surface area contributed by atoms with Gasteiger partial charge in [-0.25, -0.2) is 0 Å². The van der Waals surface area contributed by atoms with Gasteiger partial charge in [0.1, 0.15) is 6.17 Å². The molecule has 0 spiro atoms. The summed E-state index contributed by atoms with van der Waals surface area (Å²) in [6.45, 7) is 0. The molecule has 0 heterocycles. The quantitative estimate of drug-likeness (QED) is 0.362. The number of rotatable bonds is 0. The summed E-state index contributed by atoms with van der Waals surface area (Å²) in [6, 6.07) is 0. The predicted molar refractivity (Wildman–Crippen MR) is 16.0 cm³/mol. The third kappa shape index (κ3) is 3.05. The Hall–Kier alpha value is -0.950. The Kier molecular flexibility index (Phi) is 2.47. The summed E-state index contributed by atoms with van der Waals surface area (Å²) in [5.74, 6) is 3.14. The Morgan fingerprint density at radius 3 is 2.20 bits per heavy atom. The SMILES string of the molecule is [C]#CC#CF. The summed E-state index contributed by atoms with van der Waals surface area (Å²) in [6.07, 6.45) is 6.91. The van der Waals surface area contributed by atoms with E-state index in [1.54, 1.807) is 5.92 Å². The van der Waals surface area contributed by atoms with E-state index in [0.29, 0.717) is 0 Å². The van der Waals surface area contributed by atoms with Gasteiger partial charge in [0.05, 0.1) is 0 Å². The fraction of sp³-hybridized carbons (Fsp3) is 0. The van der Waals surface area contributed by atoms with Crippen LogP contribution in [0.3, 0.4) is 0 Å². The van der Waals surface area contributed by atoms with Crippen LogP contribution in [0.25, 0.3) is 0 Å². The van der Waals surface area contributed by atoms with Crippen molar-refractivity contribution >= 4 is 0 Å². The zero-order valence-electron chi connectivity index (χ0n) is 2.38. The molecule has 0 unspecified atom stereocenters. The Morgan fingerprint density at radius 1 is 1.60 bits per heavy atom. The van der Waals surface area contributed by atoms with Gasteiger partial charge in [-0.3, -0.25) is 0 Å². The van der Waals surface area contributed by atoms with Crippen molar-refractivity contribution in [3.63, 3.8) is 0 Å². The van der Waals surface area contributed by atoms with E-state index in [2.05, 4.69) is 0 Å². The molecule has 0 N–H and O–H groups in total. The summed E-state index contributed by atoms with van der Waals surface area (Å²) < 4.78 is 10.4. The van der Waals surface area contributed by atoms with Crippen molar-refractivity contribution in [1.82, 2.24) is 0 Å². The molecule has 0 aliphatic rings. The van der Waals surface area contributed by atoms with Crippen molar-refractivity contribution in [2.45, 2.75) is 0 Å². The van der Waals surface area contributed by atoms with Gasteiger partial charge in [-0.2, -0.15) is 0 Å². The first-order chi connectivity index (χ1) is 2.41. The first-order valence-corrected chi connectivity index (χ1v) is 0.939. The minimum atomic E-state index is 0.969. The summed E-state index contributed by atoms with van der Waals surface area (Å²) in [4.78, 5) is 0. The van der Waals surface area contributed by atoms with Gasteiger partial charge in [-0.05, 0) is 0 Å². The maximum atomic E-state index is 10.4. The van der Waals surface area contributed by atoms with Crippen LogP contribution in [0, 0.1) is 24.4 Å². The number of hydrogen-bond donors (Lipinski definition) is 0. The van der Waals surface area contributed by atoms with Crippen LogP contribution >= 0.6 is 0 Å². The molecular formula is C4F. The zero-order chi connectivity index (χ0) is 4.12. The molecular weight excluding hydrogens is 67.0 g/mol.